The lowest BCUT2D eigenvalue weighted by Crippen LogP contribution is -2.46. The lowest BCUT2D eigenvalue weighted by Gasteiger charge is -2.38. The Hall–Kier alpha value is -3.88. The Morgan fingerprint density at radius 1 is 1.14 bits per heavy atom. The van der Waals surface area contributed by atoms with E-state index in [-0.39, 0.29) is 18.0 Å². The second kappa shape index (κ2) is 8.65. The molecular weight excluding hydrogens is 456 g/mol. The van der Waals surface area contributed by atoms with Crippen molar-refractivity contribution in [1.82, 2.24) is 24.6 Å². The van der Waals surface area contributed by atoms with E-state index >= 15 is 0 Å². The third-order valence-electron chi connectivity index (χ3n) is 7.61. The Balaban J connectivity index is 1.48. The smallest absolute Gasteiger partial charge is 0.219 e. The zero-order valence-corrected chi connectivity index (χ0v) is 21.1. The van der Waals surface area contributed by atoms with Crippen LogP contribution in [0.15, 0.2) is 41.1 Å². The van der Waals surface area contributed by atoms with Gasteiger partial charge in [-0.2, -0.15) is 0 Å². The summed E-state index contributed by atoms with van der Waals surface area (Å²) in [5, 5.41) is 4.16. The number of hydrogen-bond donors (Lipinski definition) is 0. The summed E-state index contributed by atoms with van der Waals surface area (Å²) in [6, 6.07) is 10.2. The predicted molar refractivity (Wildman–Crippen MR) is 136 cm³/mol. The minimum absolute atomic E-state index is 0.101. The zero-order valence-electron chi connectivity index (χ0n) is 21.1. The van der Waals surface area contributed by atoms with Gasteiger partial charge in [0.05, 0.1) is 22.5 Å². The van der Waals surface area contributed by atoms with Crippen molar-refractivity contribution >= 4 is 22.9 Å². The van der Waals surface area contributed by atoms with Gasteiger partial charge in [-0.25, -0.2) is 4.98 Å². The number of rotatable bonds is 4. The van der Waals surface area contributed by atoms with E-state index in [1.165, 1.54) is 0 Å². The largest absolute Gasteiger partial charge is 0.488 e. The average molecular weight is 487 g/mol. The maximum absolute atomic E-state index is 11.9. The molecule has 6 rings (SSSR count). The summed E-state index contributed by atoms with van der Waals surface area (Å²) in [6.45, 7) is 7.62. The average Bonchev–Trinajstić information content (AvgIpc) is 3.45. The molecule has 1 atom stereocenters. The highest BCUT2D eigenvalue weighted by atomic mass is 16.5. The SMILES string of the molecule is CC(=O)N(C)C1CCN(c2nc3ccc(-c4c(C)noc4C)c4c3n2[C@@H](c2ccccn2)CO4)CC1. The van der Waals surface area contributed by atoms with Gasteiger partial charge in [-0.05, 0) is 51.0 Å². The first kappa shape index (κ1) is 22.6. The first-order chi connectivity index (χ1) is 17.4. The minimum atomic E-state index is -0.101. The summed E-state index contributed by atoms with van der Waals surface area (Å²) < 4.78 is 14.2. The first-order valence-corrected chi connectivity index (χ1v) is 12.4. The van der Waals surface area contributed by atoms with E-state index in [1.807, 2.05) is 50.2 Å². The number of amides is 1. The Morgan fingerprint density at radius 2 is 1.94 bits per heavy atom. The van der Waals surface area contributed by atoms with Crippen LogP contribution in [0.25, 0.3) is 22.2 Å². The van der Waals surface area contributed by atoms with E-state index in [4.69, 9.17) is 14.2 Å². The molecule has 0 N–H and O–H groups in total. The van der Waals surface area contributed by atoms with Gasteiger partial charge < -0.3 is 19.1 Å². The van der Waals surface area contributed by atoms with E-state index in [9.17, 15) is 4.79 Å². The van der Waals surface area contributed by atoms with Crippen LogP contribution in [-0.2, 0) is 4.79 Å². The van der Waals surface area contributed by atoms with Crippen molar-refractivity contribution in [1.29, 1.82) is 0 Å². The van der Waals surface area contributed by atoms with Gasteiger partial charge >= 0.3 is 0 Å². The van der Waals surface area contributed by atoms with Crippen LogP contribution in [0.2, 0.25) is 0 Å². The molecule has 1 fully saturated rings. The number of imidazole rings is 1. The van der Waals surface area contributed by atoms with Crippen molar-refractivity contribution < 1.29 is 14.1 Å². The number of pyridine rings is 1. The maximum Gasteiger partial charge on any atom is 0.219 e. The first-order valence-electron chi connectivity index (χ1n) is 12.4. The molecule has 5 heterocycles. The van der Waals surface area contributed by atoms with Crippen LogP contribution in [0.3, 0.4) is 0 Å². The molecule has 3 aromatic heterocycles. The summed E-state index contributed by atoms with van der Waals surface area (Å²) in [6.07, 6.45) is 3.63. The van der Waals surface area contributed by atoms with Crippen LogP contribution in [-0.4, -0.2) is 63.3 Å². The van der Waals surface area contributed by atoms with Gasteiger partial charge in [0, 0.05) is 44.9 Å². The fourth-order valence-electron chi connectivity index (χ4n) is 5.61. The summed E-state index contributed by atoms with van der Waals surface area (Å²) in [7, 11) is 1.90. The number of hydrogen-bond acceptors (Lipinski definition) is 7. The number of aromatic nitrogens is 4. The molecule has 0 bridgehead atoms. The predicted octanol–water partition coefficient (Wildman–Crippen LogP) is 4.13. The van der Waals surface area contributed by atoms with Crippen molar-refractivity contribution in [2.24, 2.45) is 0 Å². The molecule has 0 aliphatic carbocycles. The Bertz CT molecular complexity index is 1420. The van der Waals surface area contributed by atoms with Crippen molar-refractivity contribution in [3.8, 4) is 16.9 Å². The number of nitrogens with zero attached hydrogens (tertiary/aromatic N) is 6. The van der Waals surface area contributed by atoms with E-state index in [1.54, 1.807) is 6.92 Å². The van der Waals surface area contributed by atoms with Crippen molar-refractivity contribution in [3.63, 3.8) is 0 Å². The van der Waals surface area contributed by atoms with Crippen molar-refractivity contribution in [2.75, 3.05) is 31.6 Å². The molecule has 36 heavy (non-hydrogen) atoms. The molecule has 1 amide bonds. The van der Waals surface area contributed by atoms with E-state index in [0.717, 1.165) is 76.9 Å². The topological polar surface area (TPSA) is 89.5 Å². The highest BCUT2D eigenvalue weighted by Gasteiger charge is 2.35. The quantitative estimate of drug-likeness (QED) is 0.428. The molecule has 4 aromatic rings. The maximum atomic E-state index is 11.9. The number of benzene rings is 1. The molecule has 9 heteroatoms. The summed E-state index contributed by atoms with van der Waals surface area (Å²) in [4.78, 5) is 25.9. The zero-order chi connectivity index (χ0) is 25.0. The molecular formula is C27H30N6O3. The van der Waals surface area contributed by atoms with Crippen LogP contribution in [0.4, 0.5) is 5.95 Å². The third kappa shape index (κ3) is 3.53. The fourth-order valence-corrected chi connectivity index (χ4v) is 5.61. The van der Waals surface area contributed by atoms with Crippen molar-refractivity contribution in [2.45, 2.75) is 45.7 Å². The van der Waals surface area contributed by atoms with Gasteiger partial charge in [-0.3, -0.25) is 14.3 Å². The van der Waals surface area contributed by atoms with Gasteiger partial charge in [0.2, 0.25) is 11.9 Å². The highest BCUT2D eigenvalue weighted by Crippen LogP contribution is 2.46. The van der Waals surface area contributed by atoms with Gasteiger partial charge in [0.1, 0.15) is 23.9 Å². The second-order valence-electron chi connectivity index (χ2n) is 9.72. The number of ether oxygens (including phenoxy) is 1. The van der Waals surface area contributed by atoms with E-state index in [0.29, 0.717) is 6.61 Å². The highest BCUT2D eigenvalue weighted by molar-refractivity contribution is 5.94. The Morgan fingerprint density at radius 3 is 2.61 bits per heavy atom. The number of piperidine rings is 1. The molecule has 9 nitrogen and oxygen atoms in total. The van der Waals surface area contributed by atoms with Gasteiger partial charge in [0.25, 0.3) is 0 Å². The number of carbonyl (C=O) groups excluding carboxylic acids is 1. The molecule has 2 aliphatic rings. The molecule has 1 saturated heterocycles. The summed E-state index contributed by atoms with van der Waals surface area (Å²) in [5.41, 5.74) is 5.56. The third-order valence-corrected chi connectivity index (χ3v) is 7.61. The van der Waals surface area contributed by atoms with Crippen LogP contribution < -0.4 is 9.64 Å². The van der Waals surface area contributed by atoms with Gasteiger partial charge in [-0.15, -0.1) is 0 Å². The molecule has 186 valence electrons. The second-order valence-corrected chi connectivity index (χ2v) is 9.72. The molecule has 0 unspecified atom stereocenters. The normalized spacial score (nSPS) is 17.9. The minimum Gasteiger partial charge on any atom is -0.488 e. The molecule has 1 aromatic carbocycles. The number of anilines is 1. The van der Waals surface area contributed by atoms with Crippen molar-refractivity contribution in [3.05, 3.63) is 53.7 Å². The fraction of sp³-hybridized carbons (Fsp3) is 0.407. The number of carbonyl (C=O) groups is 1. The Labute approximate surface area is 209 Å². The summed E-state index contributed by atoms with van der Waals surface area (Å²) in [5.74, 6) is 2.60. The van der Waals surface area contributed by atoms with Gasteiger partial charge in [0.15, 0.2) is 5.75 Å². The van der Waals surface area contributed by atoms with Crippen LogP contribution >= 0.6 is 0 Å². The standard InChI is InChI=1S/C27H30N6O3/c1-16-24(17(2)36-30-16)20-8-9-22-25-26(20)35-15-23(21-7-5-6-12-28-21)33(25)27(29-22)32-13-10-19(11-14-32)31(4)18(3)34/h5-9,12,19,23H,10-11,13-15H2,1-4H3/t23-/m1/s1. The summed E-state index contributed by atoms with van der Waals surface area (Å²) >= 11 is 0. The van der Waals surface area contributed by atoms with E-state index < -0.39 is 0 Å². The van der Waals surface area contributed by atoms with Crippen LogP contribution in [0.1, 0.15) is 43.0 Å². The lowest BCUT2D eigenvalue weighted by atomic mass is 10.0. The van der Waals surface area contributed by atoms with E-state index in [2.05, 4.69) is 31.7 Å². The van der Waals surface area contributed by atoms with Gasteiger partial charge in [-0.1, -0.05) is 11.2 Å². The van der Waals surface area contributed by atoms with Crippen LogP contribution in [0, 0.1) is 13.8 Å². The molecule has 0 radical (unpaired) electrons. The molecule has 2 aliphatic heterocycles. The van der Waals surface area contributed by atoms with Crippen LogP contribution in [0.5, 0.6) is 5.75 Å². The number of aryl methyl sites for hydroxylation is 2. The Kier molecular flexibility index (Phi) is 5.43. The molecule has 0 spiro atoms. The lowest BCUT2D eigenvalue weighted by molar-refractivity contribution is -0.129. The monoisotopic (exact) mass is 486 g/mol. The molecule has 0 saturated carbocycles.